The van der Waals surface area contributed by atoms with E-state index in [1.165, 1.54) is 0 Å². The highest BCUT2D eigenvalue weighted by molar-refractivity contribution is 5.78. The summed E-state index contributed by atoms with van der Waals surface area (Å²) < 4.78 is 5.31. The molecule has 3 rings (SSSR count). The van der Waals surface area contributed by atoms with Gasteiger partial charge in [0, 0.05) is 44.0 Å². The van der Waals surface area contributed by atoms with Crippen molar-refractivity contribution in [1.29, 1.82) is 0 Å². The number of amides is 1. The molecule has 1 aromatic heterocycles. The first kappa shape index (κ1) is 14.4. The number of ether oxygens (including phenoxy) is 1. The summed E-state index contributed by atoms with van der Waals surface area (Å²) in [5.41, 5.74) is 0.984. The number of morpholine rings is 1. The molecule has 0 aliphatic carbocycles. The second kappa shape index (κ2) is 6.49. The van der Waals surface area contributed by atoms with E-state index in [1.54, 1.807) is 6.20 Å². The SMILES string of the molecule is Cc1ccnc([C@H]2CCN(C(=O)CN3CCOCC3)C2)n1. The summed E-state index contributed by atoms with van der Waals surface area (Å²) >= 11 is 0. The second-order valence-corrected chi connectivity index (χ2v) is 5.77. The fraction of sp³-hybridized carbons (Fsp3) is 0.667. The second-order valence-electron chi connectivity index (χ2n) is 5.77. The summed E-state index contributed by atoms with van der Waals surface area (Å²) in [4.78, 5) is 25.3. The van der Waals surface area contributed by atoms with E-state index in [0.717, 1.165) is 57.3 Å². The molecule has 1 atom stereocenters. The Morgan fingerprint density at radius 3 is 2.95 bits per heavy atom. The number of carbonyl (C=O) groups is 1. The third-order valence-corrected chi connectivity index (χ3v) is 4.18. The Morgan fingerprint density at radius 1 is 1.38 bits per heavy atom. The average molecular weight is 290 g/mol. The fourth-order valence-electron chi connectivity index (χ4n) is 2.91. The molecule has 3 heterocycles. The Morgan fingerprint density at radius 2 is 2.19 bits per heavy atom. The zero-order chi connectivity index (χ0) is 14.7. The monoisotopic (exact) mass is 290 g/mol. The predicted octanol–water partition coefficient (Wildman–Crippen LogP) is 0.433. The van der Waals surface area contributed by atoms with Crippen LogP contribution in [0.25, 0.3) is 0 Å². The van der Waals surface area contributed by atoms with Gasteiger partial charge in [-0.3, -0.25) is 9.69 Å². The lowest BCUT2D eigenvalue weighted by molar-refractivity contribution is -0.132. The van der Waals surface area contributed by atoms with Gasteiger partial charge in [0.2, 0.25) is 5.91 Å². The maximum absolute atomic E-state index is 12.4. The first-order chi connectivity index (χ1) is 10.2. The standard InChI is InChI=1S/C15H22N4O2/c1-12-2-4-16-15(17-12)13-3-5-19(10-13)14(20)11-18-6-8-21-9-7-18/h2,4,13H,3,5-11H2,1H3/t13-/m0/s1. The number of carbonyl (C=O) groups excluding carboxylic acids is 1. The molecule has 0 radical (unpaired) electrons. The molecule has 114 valence electrons. The van der Waals surface area contributed by atoms with Crippen LogP contribution in [0.4, 0.5) is 0 Å². The molecule has 0 unspecified atom stereocenters. The van der Waals surface area contributed by atoms with Crippen LogP contribution in [0.5, 0.6) is 0 Å². The smallest absolute Gasteiger partial charge is 0.236 e. The largest absolute Gasteiger partial charge is 0.379 e. The van der Waals surface area contributed by atoms with Crippen molar-refractivity contribution in [3.63, 3.8) is 0 Å². The van der Waals surface area contributed by atoms with Gasteiger partial charge < -0.3 is 9.64 Å². The first-order valence-electron chi connectivity index (χ1n) is 7.60. The van der Waals surface area contributed by atoms with Gasteiger partial charge in [0.05, 0.1) is 19.8 Å². The summed E-state index contributed by atoms with van der Waals surface area (Å²) in [6.45, 7) is 7.19. The molecule has 21 heavy (non-hydrogen) atoms. The van der Waals surface area contributed by atoms with Crippen molar-refractivity contribution >= 4 is 5.91 Å². The van der Waals surface area contributed by atoms with E-state index in [0.29, 0.717) is 6.54 Å². The third-order valence-electron chi connectivity index (χ3n) is 4.18. The average Bonchev–Trinajstić information content (AvgIpc) is 2.98. The summed E-state index contributed by atoms with van der Waals surface area (Å²) in [5.74, 6) is 1.36. The van der Waals surface area contributed by atoms with Crippen LogP contribution in [0.3, 0.4) is 0 Å². The van der Waals surface area contributed by atoms with Gasteiger partial charge >= 0.3 is 0 Å². The summed E-state index contributed by atoms with van der Waals surface area (Å²) in [6, 6.07) is 1.90. The van der Waals surface area contributed by atoms with Crippen molar-refractivity contribution in [2.75, 3.05) is 45.9 Å². The van der Waals surface area contributed by atoms with E-state index in [2.05, 4.69) is 14.9 Å². The molecule has 1 amide bonds. The Balaban J connectivity index is 1.55. The number of aryl methyl sites for hydroxylation is 1. The number of rotatable bonds is 3. The van der Waals surface area contributed by atoms with Crippen molar-refractivity contribution in [3.05, 3.63) is 23.8 Å². The van der Waals surface area contributed by atoms with E-state index in [1.807, 2.05) is 17.9 Å². The number of nitrogens with zero attached hydrogens (tertiary/aromatic N) is 4. The van der Waals surface area contributed by atoms with E-state index < -0.39 is 0 Å². The van der Waals surface area contributed by atoms with Crippen molar-refractivity contribution in [2.45, 2.75) is 19.3 Å². The van der Waals surface area contributed by atoms with Gasteiger partial charge in [0.25, 0.3) is 0 Å². The van der Waals surface area contributed by atoms with Crippen LogP contribution in [0, 0.1) is 6.92 Å². The summed E-state index contributed by atoms with van der Waals surface area (Å²) in [7, 11) is 0. The van der Waals surface area contributed by atoms with Crippen LogP contribution in [0.2, 0.25) is 0 Å². The summed E-state index contributed by atoms with van der Waals surface area (Å²) in [5, 5.41) is 0. The fourth-order valence-corrected chi connectivity index (χ4v) is 2.91. The first-order valence-corrected chi connectivity index (χ1v) is 7.60. The predicted molar refractivity (Wildman–Crippen MR) is 78.0 cm³/mol. The molecular formula is C15H22N4O2. The Kier molecular flexibility index (Phi) is 4.45. The van der Waals surface area contributed by atoms with Crippen molar-refractivity contribution < 1.29 is 9.53 Å². The lowest BCUT2D eigenvalue weighted by Crippen LogP contribution is -2.44. The van der Waals surface area contributed by atoms with Crippen LogP contribution < -0.4 is 0 Å². The van der Waals surface area contributed by atoms with Crippen molar-refractivity contribution in [2.24, 2.45) is 0 Å². The van der Waals surface area contributed by atoms with Crippen LogP contribution >= 0.6 is 0 Å². The topological polar surface area (TPSA) is 58.6 Å². The molecule has 1 aromatic rings. The molecule has 0 saturated carbocycles. The molecule has 2 aliphatic heterocycles. The molecule has 0 bridgehead atoms. The number of hydrogen-bond donors (Lipinski definition) is 0. The third kappa shape index (κ3) is 3.57. The maximum atomic E-state index is 12.4. The highest BCUT2D eigenvalue weighted by Gasteiger charge is 2.29. The minimum atomic E-state index is 0.215. The lowest BCUT2D eigenvalue weighted by Gasteiger charge is -2.28. The zero-order valence-corrected chi connectivity index (χ0v) is 12.5. The maximum Gasteiger partial charge on any atom is 0.236 e. The highest BCUT2D eigenvalue weighted by Crippen LogP contribution is 2.24. The Bertz CT molecular complexity index is 502. The van der Waals surface area contributed by atoms with Gasteiger partial charge in [0.1, 0.15) is 5.82 Å². The molecular weight excluding hydrogens is 268 g/mol. The number of likely N-dealkylation sites (tertiary alicyclic amines) is 1. The molecule has 6 heteroatoms. The molecule has 2 aliphatic rings. The summed E-state index contributed by atoms with van der Waals surface area (Å²) in [6.07, 6.45) is 2.76. The van der Waals surface area contributed by atoms with E-state index in [-0.39, 0.29) is 11.8 Å². The Hall–Kier alpha value is -1.53. The van der Waals surface area contributed by atoms with E-state index in [4.69, 9.17) is 4.74 Å². The van der Waals surface area contributed by atoms with Crippen LogP contribution in [0.15, 0.2) is 12.3 Å². The van der Waals surface area contributed by atoms with Gasteiger partial charge in [-0.15, -0.1) is 0 Å². The van der Waals surface area contributed by atoms with Crippen LogP contribution in [-0.4, -0.2) is 71.6 Å². The van der Waals surface area contributed by atoms with E-state index in [9.17, 15) is 4.79 Å². The van der Waals surface area contributed by atoms with Gasteiger partial charge in [-0.2, -0.15) is 0 Å². The molecule has 0 N–H and O–H groups in total. The van der Waals surface area contributed by atoms with Crippen molar-refractivity contribution in [3.8, 4) is 0 Å². The number of hydrogen-bond acceptors (Lipinski definition) is 5. The van der Waals surface area contributed by atoms with Gasteiger partial charge in [-0.05, 0) is 19.4 Å². The van der Waals surface area contributed by atoms with Crippen molar-refractivity contribution in [1.82, 2.24) is 19.8 Å². The minimum absolute atomic E-state index is 0.215. The van der Waals surface area contributed by atoms with Crippen LogP contribution in [-0.2, 0) is 9.53 Å². The molecule has 0 aromatic carbocycles. The van der Waals surface area contributed by atoms with E-state index >= 15 is 0 Å². The Labute approximate surface area is 125 Å². The lowest BCUT2D eigenvalue weighted by atomic mass is 10.1. The van der Waals surface area contributed by atoms with Gasteiger partial charge in [-0.25, -0.2) is 9.97 Å². The minimum Gasteiger partial charge on any atom is -0.379 e. The normalized spacial score (nSPS) is 23.5. The van der Waals surface area contributed by atoms with Gasteiger partial charge in [-0.1, -0.05) is 0 Å². The molecule has 2 saturated heterocycles. The van der Waals surface area contributed by atoms with Gasteiger partial charge in [0.15, 0.2) is 0 Å². The zero-order valence-electron chi connectivity index (χ0n) is 12.5. The molecule has 2 fully saturated rings. The quantitative estimate of drug-likeness (QED) is 0.808. The molecule has 0 spiro atoms. The molecule has 6 nitrogen and oxygen atoms in total. The highest BCUT2D eigenvalue weighted by atomic mass is 16.5. The number of aromatic nitrogens is 2. The van der Waals surface area contributed by atoms with Crippen LogP contribution in [0.1, 0.15) is 23.9 Å².